The van der Waals surface area contributed by atoms with Gasteiger partial charge in [0, 0.05) is 22.0 Å². The predicted molar refractivity (Wildman–Crippen MR) is 113 cm³/mol. The third-order valence-corrected chi connectivity index (χ3v) is 7.56. The fourth-order valence-electron chi connectivity index (χ4n) is 5.17. The molecule has 4 aromatic rings. The van der Waals surface area contributed by atoms with Crippen molar-refractivity contribution in [2.45, 2.75) is 52.4 Å². The third kappa shape index (κ3) is 1.73. The molecule has 5 rings (SSSR count). The molecule has 1 aliphatic rings. The van der Waals surface area contributed by atoms with Gasteiger partial charge in [-0.2, -0.15) is 4.40 Å². The average Bonchev–Trinajstić information content (AvgIpc) is 2.99. The second-order valence-corrected chi connectivity index (χ2v) is 9.36. The Morgan fingerprint density at radius 3 is 2.43 bits per heavy atom. The van der Waals surface area contributed by atoms with Crippen LogP contribution >= 0.6 is 0 Å². The van der Waals surface area contributed by atoms with E-state index in [0.717, 1.165) is 16.8 Å². The Balaban J connectivity index is 2.23. The monoisotopic (exact) mass is 374 g/mol. The maximum Gasteiger partial charge on any atom is 0.296 e. The molecule has 0 fully saturated rings. The van der Waals surface area contributed by atoms with Crippen molar-refractivity contribution in [3.8, 4) is 5.75 Å². The van der Waals surface area contributed by atoms with Gasteiger partial charge in [-0.1, -0.05) is 39.8 Å². The predicted octanol–water partition coefficient (Wildman–Crippen LogP) is 4.66. The van der Waals surface area contributed by atoms with E-state index in [9.17, 15) is 0 Å². The number of ether oxygens (including phenoxy) is 1. The summed E-state index contributed by atoms with van der Waals surface area (Å²) in [5, 5.41) is 2.43. The lowest BCUT2D eigenvalue weighted by atomic mass is 9.60. The van der Waals surface area contributed by atoms with Crippen molar-refractivity contribution in [1.29, 1.82) is 0 Å². The normalized spacial score (nSPS) is 17.1. The van der Waals surface area contributed by atoms with Crippen LogP contribution in [-0.2, 0) is 17.9 Å². The number of aryl methyl sites for hydroxylation is 3. The highest BCUT2D eigenvalue weighted by Gasteiger charge is 2.50. The second kappa shape index (κ2) is 5.05. The lowest BCUT2D eigenvalue weighted by molar-refractivity contribution is -0.643. The van der Waals surface area contributed by atoms with E-state index in [1.165, 1.54) is 38.8 Å². The maximum atomic E-state index is 5.62. The minimum atomic E-state index is -0.0136. The first-order valence-corrected chi connectivity index (χ1v) is 9.93. The molecular weight excluding hydrogens is 346 g/mol. The van der Waals surface area contributed by atoms with Crippen molar-refractivity contribution in [2.75, 3.05) is 7.11 Å². The highest BCUT2D eigenvalue weighted by Crippen LogP contribution is 2.51. The summed E-state index contributed by atoms with van der Waals surface area (Å²) >= 11 is 0. The molecule has 0 amide bonds. The number of rotatable bonds is 1. The first-order valence-electron chi connectivity index (χ1n) is 9.93. The zero-order chi connectivity index (χ0) is 20.2. The van der Waals surface area contributed by atoms with Crippen LogP contribution in [0.2, 0.25) is 0 Å². The van der Waals surface area contributed by atoms with Gasteiger partial charge in [0.1, 0.15) is 17.5 Å². The van der Waals surface area contributed by atoms with Crippen LogP contribution in [0.4, 0.5) is 0 Å². The summed E-state index contributed by atoms with van der Waals surface area (Å²) in [7, 11) is 3.86. The summed E-state index contributed by atoms with van der Waals surface area (Å²) in [6.45, 7) is 13.8. The Labute approximate surface area is 165 Å². The molecule has 1 aliphatic heterocycles. The lowest BCUT2D eigenvalue weighted by Crippen LogP contribution is -2.44. The van der Waals surface area contributed by atoms with Crippen molar-refractivity contribution in [3.63, 3.8) is 0 Å². The van der Waals surface area contributed by atoms with Crippen LogP contribution in [0.25, 0.3) is 27.5 Å². The second-order valence-electron chi connectivity index (χ2n) is 9.36. The smallest absolute Gasteiger partial charge is 0.296 e. The zero-order valence-corrected chi connectivity index (χ0v) is 18.1. The number of imidazole rings is 1. The molecule has 4 nitrogen and oxygen atoms in total. The molecule has 0 bridgehead atoms. The van der Waals surface area contributed by atoms with Crippen molar-refractivity contribution in [1.82, 2.24) is 9.38 Å². The van der Waals surface area contributed by atoms with Gasteiger partial charge in [0.05, 0.1) is 36.6 Å². The zero-order valence-electron chi connectivity index (χ0n) is 18.1. The van der Waals surface area contributed by atoms with Crippen LogP contribution in [0.15, 0.2) is 24.5 Å². The number of fused-ring (bicyclic) bond motifs is 3. The Kier molecular flexibility index (Phi) is 3.15. The summed E-state index contributed by atoms with van der Waals surface area (Å²) in [6.07, 6.45) is 4.17. The van der Waals surface area contributed by atoms with Gasteiger partial charge >= 0.3 is 0 Å². The average molecular weight is 375 g/mol. The van der Waals surface area contributed by atoms with E-state index in [4.69, 9.17) is 9.72 Å². The molecular formula is C24H28N3O+. The quantitative estimate of drug-likeness (QED) is 0.358. The molecule has 0 radical (unpaired) electrons. The molecule has 0 saturated carbocycles. The minimum absolute atomic E-state index is 0.00241. The van der Waals surface area contributed by atoms with E-state index >= 15 is 0 Å². The largest absolute Gasteiger partial charge is 0.495 e. The van der Waals surface area contributed by atoms with E-state index in [0.29, 0.717) is 0 Å². The first kappa shape index (κ1) is 17.5. The van der Waals surface area contributed by atoms with Gasteiger partial charge < -0.3 is 4.74 Å². The van der Waals surface area contributed by atoms with Crippen molar-refractivity contribution >= 4 is 27.5 Å². The number of aromatic nitrogens is 3. The van der Waals surface area contributed by atoms with E-state index in [2.05, 4.69) is 75.9 Å². The van der Waals surface area contributed by atoms with E-state index in [1.807, 2.05) is 6.20 Å². The number of nitrogens with zero attached hydrogens (tertiary/aromatic N) is 3. The molecule has 0 saturated heterocycles. The van der Waals surface area contributed by atoms with Crippen LogP contribution < -0.4 is 9.30 Å². The Morgan fingerprint density at radius 1 is 1.04 bits per heavy atom. The van der Waals surface area contributed by atoms with Gasteiger partial charge in [0.25, 0.3) is 5.65 Å². The summed E-state index contributed by atoms with van der Waals surface area (Å²) < 4.78 is 10.4. The summed E-state index contributed by atoms with van der Waals surface area (Å²) in [5.41, 5.74) is 8.70. The fraction of sp³-hybridized carbons (Fsp3) is 0.417. The molecule has 0 aliphatic carbocycles. The van der Waals surface area contributed by atoms with Gasteiger partial charge in [-0.25, -0.2) is 4.57 Å². The molecule has 0 atom stereocenters. The molecule has 28 heavy (non-hydrogen) atoms. The highest BCUT2D eigenvalue weighted by molar-refractivity contribution is 6.13. The van der Waals surface area contributed by atoms with Gasteiger partial charge in [-0.05, 0) is 19.4 Å². The highest BCUT2D eigenvalue weighted by atomic mass is 16.5. The topological polar surface area (TPSA) is 30.4 Å². The Bertz CT molecular complexity index is 1330. The van der Waals surface area contributed by atoms with Crippen molar-refractivity contribution in [2.24, 2.45) is 7.05 Å². The summed E-state index contributed by atoms with van der Waals surface area (Å²) in [5.74, 6) is 0.835. The third-order valence-electron chi connectivity index (χ3n) is 7.56. The van der Waals surface area contributed by atoms with Gasteiger partial charge in [-0.15, -0.1) is 0 Å². The number of methoxy groups -OCH3 is 1. The van der Waals surface area contributed by atoms with E-state index in [-0.39, 0.29) is 10.8 Å². The van der Waals surface area contributed by atoms with E-state index < -0.39 is 0 Å². The Morgan fingerprint density at radius 2 is 1.75 bits per heavy atom. The standard InChI is InChI=1S/C24H28N3O/c1-13-9-10-15-21-18(13)20-19(14(2)16(28-8)11-25-20)22-26(7)12-17(27(21)22)24(5,6)23(15,3)4/h9-12H,1-8H3/q+1. The lowest BCUT2D eigenvalue weighted by Gasteiger charge is -2.43. The summed E-state index contributed by atoms with van der Waals surface area (Å²) in [4.78, 5) is 4.90. The van der Waals surface area contributed by atoms with E-state index in [1.54, 1.807) is 7.11 Å². The molecule has 4 heterocycles. The molecule has 0 unspecified atom stereocenters. The SMILES string of the molecule is COc1cnc2c3c(C)ccc4c3n3c(c[n+](C)c3c2c1C)C(C)(C)C4(C)C. The van der Waals surface area contributed by atoms with Gasteiger partial charge in [0.2, 0.25) is 0 Å². The number of hydrogen-bond donors (Lipinski definition) is 0. The maximum absolute atomic E-state index is 5.62. The number of benzene rings is 1. The number of hydrogen-bond acceptors (Lipinski definition) is 2. The summed E-state index contributed by atoms with van der Waals surface area (Å²) in [6, 6.07) is 4.58. The van der Waals surface area contributed by atoms with Crippen LogP contribution in [0.3, 0.4) is 0 Å². The van der Waals surface area contributed by atoms with Crippen LogP contribution in [0.1, 0.15) is 50.1 Å². The van der Waals surface area contributed by atoms with Gasteiger partial charge in [0.15, 0.2) is 5.69 Å². The molecule has 144 valence electrons. The Hall–Kier alpha value is -2.62. The fourth-order valence-corrected chi connectivity index (χ4v) is 5.17. The van der Waals surface area contributed by atoms with Crippen molar-refractivity contribution in [3.05, 3.63) is 46.9 Å². The molecule has 0 spiro atoms. The molecule has 4 heteroatoms. The molecule has 3 aromatic heterocycles. The van der Waals surface area contributed by atoms with Gasteiger partial charge in [-0.3, -0.25) is 4.98 Å². The van der Waals surface area contributed by atoms with Crippen LogP contribution in [-0.4, -0.2) is 16.5 Å². The van der Waals surface area contributed by atoms with Crippen LogP contribution in [0, 0.1) is 13.8 Å². The van der Waals surface area contributed by atoms with Crippen LogP contribution in [0.5, 0.6) is 5.75 Å². The molecule has 1 aromatic carbocycles. The first-order chi connectivity index (χ1) is 13.1. The molecule has 0 N–H and O–H groups in total. The van der Waals surface area contributed by atoms with Crippen molar-refractivity contribution < 1.29 is 9.30 Å². The number of pyridine rings is 2. The minimum Gasteiger partial charge on any atom is -0.495 e.